The number of rotatable bonds is 8. The van der Waals surface area contributed by atoms with Crippen LogP contribution in [0.2, 0.25) is 0 Å². The van der Waals surface area contributed by atoms with E-state index in [2.05, 4.69) is 36.6 Å². The second-order valence-electron chi connectivity index (χ2n) is 13.4. The number of guanidine groups is 2. The first-order valence-corrected chi connectivity index (χ1v) is 14.2. The first-order chi connectivity index (χ1) is 19.4. The van der Waals surface area contributed by atoms with E-state index in [-0.39, 0.29) is 25.0 Å². The highest BCUT2D eigenvalue weighted by Gasteiger charge is 2.22. The third-order valence-corrected chi connectivity index (χ3v) is 4.04. The number of nitrogens with zero attached hydrogens (tertiary/aromatic N) is 2. The number of carbonyl (C=O) groups excluding carboxylic acids is 4. The van der Waals surface area contributed by atoms with Crippen molar-refractivity contribution in [2.45, 2.75) is 118 Å². The van der Waals surface area contributed by atoms with Gasteiger partial charge in [-0.1, -0.05) is 0 Å². The van der Waals surface area contributed by atoms with Crippen LogP contribution in [0.1, 0.15) is 95.9 Å². The molecule has 0 bridgehead atoms. The minimum absolute atomic E-state index is 0.0830. The molecule has 0 heterocycles. The molecular formula is C28H53N7O8. The maximum absolute atomic E-state index is 12.2. The minimum Gasteiger partial charge on any atom is -0.444 e. The van der Waals surface area contributed by atoms with Crippen molar-refractivity contribution in [2.24, 2.45) is 9.98 Å². The summed E-state index contributed by atoms with van der Waals surface area (Å²) in [5.74, 6) is -0.166. The van der Waals surface area contributed by atoms with Crippen LogP contribution >= 0.6 is 0 Å². The number of nitrogens with one attached hydrogen (secondary N) is 5. The van der Waals surface area contributed by atoms with Gasteiger partial charge in [0.15, 0.2) is 0 Å². The summed E-state index contributed by atoms with van der Waals surface area (Å²) >= 11 is 0. The summed E-state index contributed by atoms with van der Waals surface area (Å²) in [5.41, 5.74) is -2.91. The molecule has 0 radical (unpaired) electrons. The summed E-state index contributed by atoms with van der Waals surface area (Å²) in [6.45, 7) is 22.4. The van der Waals surface area contributed by atoms with Crippen LogP contribution in [-0.2, 0) is 18.9 Å². The SMILES string of the molecule is CC(C)(C)OC(=O)NC(=NCCCNCCCN=C(NC(=O)OC(C)(C)C)NC(=O)OC(C)(C)C)NC(=O)OC(C)(C)C. The molecule has 0 spiro atoms. The van der Waals surface area contributed by atoms with E-state index in [9.17, 15) is 19.2 Å². The van der Waals surface area contributed by atoms with Gasteiger partial charge in [-0.05, 0) is 109 Å². The minimum atomic E-state index is -0.761. The molecule has 15 nitrogen and oxygen atoms in total. The van der Waals surface area contributed by atoms with Crippen LogP contribution < -0.4 is 26.6 Å². The third-order valence-electron chi connectivity index (χ3n) is 4.04. The Kier molecular flexibility index (Phi) is 16.0. The smallest absolute Gasteiger partial charge is 0.414 e. The fourth-order valence-electron chi connectivity index (χ4n) is 2.74. The molecule has 0 aliphatic rings. The molecule has 0 saturated carbocycles. The van der Waals surface area contributed by atoms with Crippen LogP contribution in [0.3, 0.4) is 0 Å². The van der Waals surface area contributed by atoms with Gasteiger partial charge in [-0.15, -0.1) is 0 Å². The van der Waals surface area contributed by atoms with Crippen molar-refractivity contribution in [1.82, 2.24) is 26.6 Å². The molecule has 0 aliphatic carbocycles. The molecule has 0 aromatic carbocycles. The van der Waals surface area contributed by atoms with Crippen molar-refractivity contribution < 1.29 is 38.1 Å². The zero-order valence-electron chi connectivity index (χ0n) is 27.9. The van der Waals surface area contributed by atoms with Crippen LogP contribution in [0, 0.1) is 0 Å². The Bertz CT molecular complexity index is 843. The summed E-state index contributed by atoms with van der Waals surface area (Å²) in [5, 5.41) is 13.0. The average molecular weight is 616 g/mol. The zero-order chi connectivity index (χ0) is 33.5. The molecule has 0 aliphatic heterocycles. The van der Waals surface area contributed by atoms with Crippen LogP contribution in [0.15, 0.2) is 9.98 Å². The van der Waals surface area contributed by atoms with Crippen LogP contribution in [0.5, 0.6) is 0 Å². The van der Waals surface area contributed by atoms with Crippen molar-refractivity contribution in [1.29, 1.82) is 0 Å². The van der Waals surface area contributed by atoms with E-state index in [0.29, 0.717) is 25.9 Å². The number of hydrogen-bond acceptors (Lipinski definition) is 11. The maximum atomic E-state index is 12.2. The van der Waals surface area contributed by atoms with E-state index in [0.717, 1.165) is 0 Å². The lowest BCUT2D eigenvalue weighted by molar-refractivity contribution is 0.0521. The molecule has 4 amide bonds. The lowest BCUT2D eigenvalue weighted by atomic mass is 10.2. The molecule has 0 fully saturated rings. The van der Waals surface area contributed by atoms with E-state index in [4.69, 9.17) is 18.9 Å². The molecule has 0 rings (SSSR count). The standard InChI is InChI=1S/C28H53N7O8/c1-25(2,3)40-21(36)32-19(33-22(37)41-26(4,5)6)30-17-13-15-29-16-14-18-31-20(34-23(38)42-27(7,8)9)35-24(39)43-28(10,11)12/h29H,13-18H2,1-12H3,(H2,30,32,33,36,37)(H2,31,34,35,38,39). The molecule has 0 unspecified atom stereocenters. The highest BCUT2D eigenvalue weighted by molar-refractivity contribution is 6.02. The van der Waals surface area contributed by atoms with Crippen molar-refractivity contribution >= 4 is 36.3 Å². The van der Waals surface area contributed by atoms with Gasteiger partial charge in [0.2, 0.25) is 11.9 Å². The maximum Gasteiger partial charge on any atom is 0.414 e. The molecule has 0 atom stereocenters. The van der Waals surface area contributed by atoms with Crippen molar-refractivity contribution in [3.05, 3.63) is 0 Å². The second kappa shape index (κ2) is 17.5. The van der Waals surface area contributed by atoms with E-state index in [1.807, 2.05) is 0 Å². The van der Waals surface area contributed by atoms with Crippen molar-refractivity contribution in [3.63, 3.8) is 0 Å². The number of hydrogen-bond donors (Lipinski definition) is 5. The van der Waals surface area contributed by atoms with Gasteiger partial charge in [0.1, 0.15) is 22.4 Å². The summed E-state index contributed by atoms with van der Waals surface area (Å²) in [6, 6.07) is 0. The molecule has 15 heteroatoms. The summed E-state index contributed by atoms with van der Waals surface area (Å²) < 4.78 is 20.9. The Balaban J connectivity index is 4.90. The number of aliphatic imine (C=N–C) groups is 2. The predicted octanol–water partition coefficient (Wildman–Crippen LogP) is 4.17. The van der Waals surface area contributed by atoms with Gasteiger partial charge in [0.05, 0.1) is 0 Å². The molecule has 43 heavy (non-hydrogen) atoms. The van der Waals surface area contributed by atoms with Gasteiger partial charge in [0.25, 0.3) is 0 Å². The van der Waals surface area contributed by atoms with Gasteiger partial charge in [-0.2, -0.15) is 0 Å². The fourth-order valence-corrected chi connectivity index (χ4v) is 2.74. The molecule has 0 aromatic rings. The number of ether oxygens (including phenoxy) is 4. The first kappa shape index (κ1) is 39.4. The zero-order valence-corrected chi connectivity index (χ0v) is 27.9. The monoisotopic (exact) mass is 615 g/mol. The normalized spacial score (nSPS) is 11.8. The third kappa shape index (κ3) is 25.8. The van der Waals surface area contributed by atoms with Gasteiger partial charge >= 0.3 is 24.4 Å². The fraction of sp³-hybridized carbons (Fsp3) is 0.786. The van der Waals surface area contributed by atoms with Gasteiger partial charge < -0.3 is 24.3 Å². The highest BCUT2D eigenvalue weighted by Crippen LogP contribution is 2.09. The number of amides is 4. The molecule has 5 N–H and O–H groups in total. The van der Waals surface area contributed by atoms with E-state index >= 15 is 0 Å². The summed E-state index contributed by atoms with van der Waals surface area (Å²) in [7, 11) is 0. The Morgan fingerprint density at radius 1 is 0.465 bits per heavy atom. The Morgan fingerprint density at radius 3 is 0.907 bits per heavy atom. The van der Waals surface area contributed by atoms with Gasteiger partial charge in [-0.3, -0.25) is 31.3 Å². The Morgan fingerprint density at radius 2 is 0.698 bits per heavy atom. The lowest BCUT2D eigenvalue weighted by Gasteiger charge is -2.22. The highest BCUT2D eigenvalue weighted by atomic mass is 16.6. The van der Waals surface area contributed by atoms with E-state index < -0.39 is 46.8 Å². The molecule has 0 saturated heterocycles. The largest absolute Gasteiger partial charge is 0.444 e. The summed E-state index contributed by atoms with van der Waals surface area (Å²) in [6.07, 6.45) is -1.87. The van der Waals surface area contributed by atoms with Crippen molar-refractivity contribution in [2.75, 3.05) is 26.2 Å². The average Bonchev–Trinajstić information content (AvgIpc) is 2.72. The predicted molar refractivity (Wildman–Crippen MR) is 164 cm³/mol. The van der Waals surface area contributed by atoms with Crippen LogP contribution in [-0.4, -0.2) is 84.9 Å². The van der Waals surface area contributed by atoms with E-state index in [1.165, 1.54) is 0 Å². The second-order valence-corrected chi connectivity index (χ2v) is 13.4. The number of alkyl carbamates (subject to hydrolysis) is 4. The number of carbonyl (C=O) groups is 4. The van der Waals surface area contributed by atoms with Crippen LogP contribution in [0.25, 0.3) is 0 Å². The quantitative estimate of drug-likeness (QED) is 0.115. The molecule has 0 aromatic heterocycles. The van der Waals surface area contributed by atoms with E-state index in [1.54, 1.807) is 83.1 Å². The first-order valence-electron chi connectivity index (χ1n) is 14.2. The van der Waals surface area contributed by atoms with Crippen molar-refractivity contribution in [3.8, 4) is 0 Å². The van der Waals surface area contributed by atoms with Gasteiger partial charge in [-0.25, -0.2) is 19.2 Å². The van der Waals surface area contributed by atoms with Gasteiger partial charge in [0, 0.05) is 13.1 Å². The van der Waals surface area contributed by atoms with Crippen LogP contribution in [0.4, 0.5) is 19.2 Å². The summed E-state index contributed by atoms with van der Waals surface area (Å²) in [4.78, 5) is 57.2. The molecular weight excluding hydrogens is 562 g/mol. The Labute approximate surface area is 255 Å². The topological polar surface area (TPSA) is 190 Å². The Hall–Kier alpha value is -3.62. The lowest BCUT2D eigenvalue weighted by Crippen LogP contribution is -2.47. The molecule has 248 valence electrons.